The Morgan fingerprint density at radius 3 is 2.36 bits per heavy atom. The van der Waals surface area contributed by atoms with Crippen molar-refractivity contribution in [2.24, 2.45) is 5.92 Å². The Labute approximate surface area is 131 Å². The number of sulfonamides is 1. The van der Waals surface area contributed by atoms with Gasteiger partial charge < -0.3 is 9.47 Å². The standard InChI is InChI=1S/C15H21NO5S/c1-11-10-13(4-5-14(11)20-2)22(18,19)16-8-6-12(7-9-16)15(17)21-3/h4-5,10,12H,6-9H2,1-3H3. The Kier molecular flexibility index (Phi) is 5.08. The van der Waals surface area contributed by atoms with Gasteiger partial charge in [0.05, 0.1) is 25.0 Å². The maximum Gasteiger partial charge on any atom is 0.308 e. The molecule has 0 amide bonds. The van der Waals surface area contributed by atoms with Crippen molar-refractivity contribution in [3.05, 3.63) is 23.8 Å². The zero-order valence-electron chi connectivity index (χ0n) is 13.0. The van der Waals surface area contributed by atoms with Crippen molar-refractivity contribution >= 4 is 16.0 Å². The lowest BCUT2D eigenvalue weighted by Gasteiger charge is -2.30. The van der Waals surface area contributed by atoms with Crippen LogP contribution in [0.15, 0.2) is 23.1 Å². The monoisotopic (exact) mass is 327 g/mol. The lowest BCUT2D eigenvalue weighted by Crippen LogP contribution is -2.40. The number of carbonyl (C=O) groups is 1. The first kappa shape index (κ1) is 16.8. The molecule has 0 aromatic heterocycles. The summed E-state index contributed by atoms with van der Waals surface area (Å²) in [5, 5.41) is 0. The van der Waals surface area contributed by atoms with E-state index in [1.54, 1.807) is 32.2 Å². The van der Waals surface area contributed by atoms with E-state index in [1.165, 1.54) is 11.4 Å². The van der Waals surface area contributed by atoms with E-state index in [0.717, 1.165) is 5.56 Å². The summed E-state index contributed by atoms with van der Waals surface area (Å²) in [5.74, 6) is 0.176. The second-order valence-corrected chi connectivity index (χ2v) is 7.27. The summed E-state index contributed by atoms with van der Waals surface area (Å²) < 4.78 is 36.6. The van der Waals surface area contributed by atoms with Crippen LogP contribution >= 0.6 is 0 Å². The van der Waals surface area contributed by atoms with E-state index < -0.39 is 10.0 Å². The molecule has 0 aliphatic carbocycles. The predicted molar refractivity (Wildman–Crippen MR) is 81.2 cm³/mol. The lowest BCUT2D eigenvalue weighted by molar-refractivity contribution is -0.146. The maximum absolute atomic E-state index is 12.7. The average molecular weight is 327 g/mol. The quantitative estimate of drug-likeness (QED) is 0.785. The Hall–Kier alpha value is -1.60. The summed E-state index contributed by atoms with van der Waals surface area (Å²) in [4.78, 5) is 11.8. The van der Waals surface area contributed by atoms with Gasteiger partial charge in [-0.1, -0.05) is 0 Å². The van der Waals surface area contributed by atoms with Crippen molar-refractivity contribution in [2.75, 3.05) is 27.3 Å². The Balaban J connectivity index is 2.15. The number of ether oxygens (including phenoxy) is 2. The average Bonchev–Trinajstić information content (AvgIpc) is 2.54. The minimum Gasteiger partial charge on any atom is -0.496 e. The molecule has 0 unspecified atom stereocenters. The SMILES string of the molecule is COC(=O)C1CCN(S(=O)(=O)c2ccc(OC)c(C)c2)CC1. The maximum atomic E-state index is 12.7. The van der Waals surface area contributed by atoms with Crippen molar-refractivity contribution in [3.63, 3.8) is 0 Å². The molecule has 122 valence electrons. The fourth-order valence-electron chi connectivity index (χ4n) is 2.66. The molecule has 6 nitrogen and oxygen atoms in total. The van der Waals surface area contributed by atoms with Crippen molar-refractivity contribution in [3.8, 4) is 5.75 Å². The molecule has 0 saturated carbocycles. The van der Waals surface area contributed by atoms with Crippen LogP contribution in [0, 0.1) is 12.8 Å². The Bertz CT molecular complexity index is 648. The van der Waals surface area contributed by atoms with Gasteiger partial charge in [0.15, 0.2) is 0 Å². The van der Waals surface area contributed by atoms with Gasteiger partial charge in [0.1, 0.15) is 5.75 Å². The second kappa shape index (κ2) is 6.66. The molecule has 1 aromatic carbocycles. The molecule has 0 N–H and O–H groups in total. The van der Waals surface area contributed by atoms with E-state index in [-0.39, 0.29) is 16.8 Å². The number of rotatable bonds is 4. The van der Waals surface area contributed by atoms with E-state index in [4.69, 9.17) is 9.47 Å². The minimum atomic E-state index is -3.54. The summed E-state index contributed by atoms with van der Waals surface area (Å²) in [6.45, 7) is 2.46. The molecule has 0 bridgehead atoms. The van der Waals surface area contributed by atoms with Gasteiger partial charge in [0.2, 0.25) is 10.0 Å². The van der Waals surface area contributed by atoms with Gasteiger partial charge in [-0.3, -0.25) is 4.79 Å². The number of piperidine rings is 1. The van der Waals surface area contributed by atoms with Gasteiger partial charge >= 0.3 is 5.97 Å². The van der Waals surface area contributed by atoms with Crippen LogP contribution in [0.5, 0.6) is 5.75 Å². The molecule has 1 fully saturated rings. The highest BCUT2D eigenvalue weighted by Crippen LogP contribution is 2.27. The van der Waals surface area contributed by atoms with Gasteiger partial charge in [0, 0.05) is 13.1 Å². The molecule has 2 rings (SSSR count). The topological polar surface area (TPSA) is 72.9 Å². The van der Waals surface area contributed by atoms with Crippen molar-refractivity contribution in [2.45, 2.75) is 24.7 Å². The largest absolute Gasteiger partial charge is 0.496 e. The van der Waals surface area contributed by atoms with Crippen LogP contribution < -0.4 is 4.74 Å². The molecule has 1 aliphatic heterocycles. The molecule has 1 heterocycles. The van der Waals surface area contributed by atoms with Gasteiger partial charge in [-0.05, 0) is 43.5 Å². The fraction of sp³-hybridized carbons (Fsp3) is 0.533. The minimum absolute atomic E-state index is 0.214. The predicted octanol–water partition coefficient (Wildman–Crippen LogP) is 1.58. The molecule has 1 saturated heterocycles. The van der Waals surface area contributed by atoms with E-state index >= 15 is 0 Å². The van der Waals surface area contributed by atoms with E-state index in [2.05, 4.69) is 0 Å². The summed E-state index contributed by atoms with van der Waals surface area (Å²) >= 11 is 0. The third kappa shape index (κ3) is 3.25. The Morgan fingerprint density at radius 2 is 1.86 bits per heavy atom. The van der Waals surface area contributed by atoms with Crippen LogP contribution in [0.25, 0.3) is 0 Å². The van der Waals surface area contributed by atoms with Gasteiger partial charge in [-0.15, -0.1) is 0 Å². The van der Waals surface area contributed by atoms with Crippen LogP contribution in [-0.2, 0) is 19.6 Å². The summed E-state index contributed by atoms with van der Waals surface area (Å²) in [5.41, 5.74) is 0.771. The van der Waals surface area contributed by atoms with Crippen molar-refractivity contribution < 1.29 is 22.7 Å². The molecule has 0 atom stereocenters. The summed E-state index contributed by atoms with van der Waals surface area (Å²) in [7, 11) is -0.637. The molecular weight excluding hydrogens is 306 g/mol. The smallest absolute Gasteiger partial charge is 0.308 e. The molecular formula is C15H21NO5S. The first-order chi connectivity index (χ1) is 10.4. The first-order valence-electron chi connectivity index (χ1n) is 7.12. The second-order valence-electron chi connectivity index (χ2n) is 5.33. The molecule has 0 radical (unpaired) electrons. The Morgan fingerprint density at radius 1 is 1.23 bits per heavy atom. The van der Waals surface area contributed by atoms with Gasteiger partial charge in [-0.2, -0.15) is 4.31 Å². The normalized spacial score (nSPS) is 17.2. The van der Waals surface area contributed by atoms with Gasteiger partial charge in [-0.25, -0.2) is 8.42 Å². The number of hydrogen-bond donors (Lipinski definition) is 0. The summed E-state index contributed by atoms with van der Waals surface area (Å²) in [6, 6.07) is 4.82. The van der Waals surface area contributed by atoms with Gasteiger partial charge in [0.25, 0.3) is 0 Å². The number of hydrogen-bond acceptors (Lipinski definition) is 5. The van der Waals surface area contributed by atoms with Crippen molar-refractivity contribution in [1.29, 1.82) is 0 Å². The van der Waals surface area contributed by atoms with E-state index in [1.807, 2.05) is 0 Å². The van der Waals surface area contributed by atoms with E-state index in [0.29, 0.717) is 31.7 Å². The number of carbonyl (C=O) groups excluding carboxylic acids is 1. The van der Waals surface area contributed by atoms with Crippen LogP contribution in [0.4, 0.5) is 0 Å². The highest BCUT2D eigenvalue weighted by Gasteiger charge is 2.32. The molecule has 7 heteroatoms. The number of methoxy groups -OCH3 is 2. The zero-order valence-corrected chi connectivity index (χ0v) is 13.9. The molecule has 0 spiro atoms. The van der Waals surface area contributed by atoms with Crippen LogP contribution in [-0.4, -0.2) is 46.0 Å². The number of nitrogens with zero attached hydrogens (tertiary/aromatic N) is 1. The fourth-order valence-corrected chi connectivity index (χ4v) is 4.21. The number of aryl methyl sites for hydroxylation is 1. The highest BCUT2D eigenvalue weighted by atomic mass is 32.2. The molecule has 22 heavy (non-hydrogen) atoms. The number of esters is 1. The lowest BCUT2D eigenvalue weighted by atomic mass is 9.99. The van der Waals surface area contributed by atoms with E-state index in [9.17, 15) is 13.2 Å². The molecule has 1 aromatic rings. The third-order valence-corrected chi connectivity index (χ3v) is 5.89. The van der Waals surface area contributed by atoms with Crippen LogP contribution in [0.3, 0.4) is 0 Å². The van der Waals surface area contributed by atoms with Crippen LogP contribution in [0.2, 0.25) is 0 Å². The summed E-state index contributed by atoms with van der Waals surface area (Å²) in [6.07, 6.45) is 0.974. The zero-order chi connectivity index (χ0) is 16.3. The first-order valence-corrected chi connectivity index (χ1v) is 8.56. The number of benzene rings is 1. The van der Waals surface area contributed by atoms with Crippen molar-refractivity contribution in [1.82, 2.24) is 4.31 Å². The van der Waals surface area contributed by atoms with Crippen LogP contribution in [0.1, 0.15) is 18.4 Å². The molecule has 1 aliphatic rings. The third-order valence-electron chi connectivity index (χ3n) is 3.99. The highest BCUT2D eigenvalue weighted by molar-refractivity contribution is 7.89.